The number of amides is 1. The molecule has 0 spiro atoms. The second kappa shape index (κ2) is 7.78. The number of rotatable bonds is 7. The van der Waals surface area contributed by atoms with Crippen LogP contribution >= 0.6 is 0 Å². The first-order chi connectivity index (χ1) is 9.07. The summed E-state index contributed by atoms with van der Waals surface area (Å²) in [6, 6.07) is 1.63. The molecule has 1 aromatic carbocycles. The van der Waals surface area contributed by atoms with Crippen LogP contribution in [0.5, 0.6) is 0 Å². The SMILES string of the molecule is O=C(NCCCCCCO)c1ccc(F)c(F)c1F. The number of carbonyl (C=O) groups excluding carboxylic acids is 1. The Kier molecular flexibility index (Phi) is 6.35. The lowest BCUT2D eigenvalue weighted by Gasteiger charge is -2.06. The average molecular weight is 275 g/mol. The summed E-state index contributed by atoms with van der Waals surface area (Å²) in [5.41, 5.74) is -0.505. The molecule has 0 fully saturated rings. The van der Waals surface area contributed by atoms with Crippen LogP contribution in [0.4, 0.5) is 13.2 Å². The van der Waals surface area contributed by atoms with Gasteiger partial charge in [0.15, 0.2) is 17.5 Å². The molecule has 0 aliphatic rings. The third-order valence-electron chi connectivity index (χ3n) is 2.65. The van der Waals surface area contributed by atoms with Crippen molar-refractivity contribution in [1.82, 2.24) is 5.32 Å². The zero-order chi connectivity index (χ0) is 14.3. The van der Waals surface area contributed by atoms with Crippen molar-refractivity contribution in [2.75, 3.05) is 13.2 Å². The summed E-state index contributed by atoms with van der Waals surface area (Å²) in [7, 11) is 0. The summed E-state index contributed by atoms with van der Waals surface area (Å²) in [5.74, 6) is -5.20. The van der Waals surface area contributed by atoms with Gasteiger partial charge < -0.3 is 10.4 Å². The smallest absolute Gasteiger partial charge is 0.254 e. The summed E-state index contributed by atoms with van der Waals surface area (Å²) in [6.07, 6.45) is 3.04. The molecular weight excluding hydrogens is 259 g/mol. The molecule has 19 heavy (non-hydrogen) atoms. The zero-order valence-electron chi connectivity index (χ0n) is 10.4. The number of hydrogen-bond donors (Lipinski definition) is 2. The van der Waals surface area contributed by atoms with Crippen LogP contribution in [-0.4, -0.2) is 24.2 Å². The van der Waals surface area contributed by atoms with Crippen LogP contribution in [0.15, 0.2) is 12.1 Å². The summed E-state index contributed by atoms with van der Waals surface area (Å²) in [6.45, 7) is 0.453. The molecule has 0 saturated carbocycles. The Bertz CT molecular complexity index is 438. The van der Waals surface area contributed by atoms with Crippen molar-refractivity contribution in [3.63, 3.8) is 0 Å². The van der Waals surface area contributed by atoms with Gasteiger partial charge in [-0.1, -0.05) is 12.8 Å². The maximum absolute atomic E-state index is 13.3. The third-order valence-corrected chi connectivity index (χ3v) is 2.65. The van der Waals surface area contributed by atoms with Gasteiger partial charge in [-0.2, -0.15) is 0 Å². The van der Waals surface area contributed by atoms with Gasteiger partial charge in [0.2, 0.25) is 0 Å². The molecule has 0 radical (unpaired) electrons. The molecule has 0 heterocycles. The third kappa shape index (κ3) is 4.55. The highest BCUT2D eigenvalue weighted by Gasteiger charge is 2.18. The van der Waals surface area contributed by atoms with Crippen molar-refractivity contribution >= 4 is 5.91 Å². The molecule has 6 heteroatoms. The molecule has 0 saturated heterocycles. The van der Waals surface area contributed by atoms with Crippen LogP contribution < -0.4 is 5.32 Å². The lowest BCUT2D eigenvalue weighted by molar-refractivity contribution is 0.0947. The maximum atomic E-state index is 13.3. The van der Waals surface area contributed by atoms with Gasteiger partial charge in [-0.05, 0) is 25.0 Å². The molecule has 0 aliphatic carbocycles. The fourth-order valence-electron chi connectivity index (χ4n) is 1.59. The molecular formula is C13H16F3NO2. The van der Waals surface area contributed by atoms with Crippen molar-refractivity contribution in [2.24, 2.45) is 0 Å². The number of halogens is 3. The number of aliphatic hydroxyl groups is 1. The van der Waals surface area contributed by atoms with E-state index in [1.807, 2.05) is 0 Å². The number of benzene rings is 1. The van der Waals surface area contributed by atoms with E-state index >= 15 is 0 Å². The van der Waals surface area contributed by atoms with Crippen LogP contribution in [0.3, 0.4) is 0 Å². The second-order valence-electron chi connectivity index (χ2n) is 4.12. The molecule has 0 unspecified atom stereocenters. The first-order valence-corrected chi connectivity index (χ1v) is 6.10. The highest BCUT2D eigenvalue weighted by Crippen LogP contribution is 2.15. The van der Waals surface area contributed by atoms with Crippen LogP contribution in [0.1, 0.15) is 36.0 Å². The summed E-state index contributed by atoms with van der Waals surface area (Å²) >= 11 is 0. The molecule has 106 valence electrons. The summed E-state index contributed by atoms with van der Waals surface area (Å²) < 4.78 is 38.9. The number of unbranched alkanes of at least 4 members (excludes halogenated alkanes) is 3. The van der Waals surface area contributed by atoms with E-state index in [1.165, 1.54) is 0 Å². The van der Waals surface area contributed by atoms with Crippen LogP contribution in [-0.2, 0) is 0 Å². The van der Waals surface area contributed by atoms with E-state index in [9.17, 15) is 18.0 Å². The predicted octanol–water partition coefficient (Wildman–Crippen LogP) is 2.39. The van der Waals surface area contributed by atoms with Gasteiger partial charge in [-0.25, -0.2) is 13.2 Å². The minimum Gasteiger partial charge on any atom is -0.396 e. The quantitative estimate of drug-likeness (QED) is 0.593. The van der Waals surface area contributed by atoms with Crippen molar-refractivity contribution in [3.8, 4) is 0 Å². The van der Waals surface area contributed by atoms with Crippen LogP contribution in [0.25, 0.3) is 0 Å². The Morgan fingerprint density at radius 1 is 1.05 bits per heavy atom. The molecule has 0 atom stereocenters. The standard InChI is InChI=1S/C13H16F3NO2/c14-10-6-5-9(11(15)12(10)16)13(19)17-7-3-1-2-4-8-18/h5-6,18H,1-4,7-8H2,(H,17,19). The lowest BCUT2D eigenvalue weighted by Crippen LogP contribution is -2.25. The molecule has 1 amide bonds. The predicted molar refractivity (Wildman–Crippen MR) is 64.2 cm³/mol. The number of aliphatic hydroxyl groups excluding tert-OH is 1. The number of carbonyl (C=O) groups is 1. The van der Waals surface area contributed by atoms with Crippen LogP contribution in [0.2, 0.25) is 0 Å². The van der Waals surface area contributed by atoms with Gasteiger partial charge in [-0.15, -0.1) is 0 Å². The van der Waals surface area contributed by atoms with Gasteiger partial charge in [0.25, 0.3) is 5.91 Å². The number of hydrogen-bond acceptors (Lipinski definition) is 2. The minimum atomic E-state index is -1.64. The fraction of sp³-hybridized carbons (Fsp3) is 0.462. The van der Waals surface area contributed by atoms with E-state index in [0.717, 1.165) is 18.9 Å². The Balaban J connectivity index is 2.44. The van der Waals surface area contributed by atoms with Crippen molar-refractivity contribution in [2.45, 2.75) is 25.7 Å². The first-order valence-electron chi connectivity index (χ1n) is 6.10. The van der Waals surface area contributed by atoms with Gasteiger partial charge in [-0.3, -0.25) is 4.79 Å². The topological polar surface area (TPSA) is 49.3 Å². The van der Waals surface area contributed by atoms with Crippen molar-refractivity contribution in [3.05, 3.63) is 35.1 Å². The minimum absolute atomic E-state index is 0.131. The molecule has 1 rings (SSSR count). The Morgan fingerprint density at radius 2 is 1.74 bits per heavy atom. The Hall–Kier alpha value is -1.56. The summed E-state index contributed by atoms with van der Waals surface area (Å²) in [4.78, 5) is 11.5. The second-order valence-corrected chi connectivity index (χ2v) is 4.12. The van der Waals surface area contributed by atoms with E-state index < -0.39 is 28.9 Å². The fourth-order valence-corrected chi connectivity index (χ4v) is 1.59. The van der Waals surface area contributed by atoms with Gasteiger partial charge in [0, 0.05) is 13.2 Å². The Morgan fingerprint density at radius 3 is 2.42 bits per heavy atom. The van der Waals surface area contributed by atoms with Crippen molar-refractivity contribution in [1.29, 1.82) is 0 Å². The average Bonchev–Trinajstić information content (AvgIpc) is 2.40. The maximum Gasteiger partial charge on any atom is 0.254 e. The molecule has 0 bridgehead atoms. The highest BCUT2D eigenvalue weighted by atomic mass is 19.2. The van der Waals surface area contributed by atoms with Gasteiger partial charge in [0.05, 0.1) is 5.56 Å². The van der Waals surface area contributed by atoms with E-state index in [-0.39, 0.29) is 6.61 Å². The zero-order valence-corrected chi connectivity index (χ0v) is 10.4. The van der Waals surface area contributed by atoms with Crippen LogP contribution in [0, 0.1) is 17.5 Å². The highest BCUT2D eigenvalue weighted by molar-refractivity contribution is 5.94. The molecule has 0 aliphatic heterocycles. The van der Waals surface area contributed by atoms with E-state index in [2.05, 4.69) is 5.32 Å². The Labute approximate surface area is 109 Å². The summed E-state index contributed by atoms with van der Waals surface area (Å²) in [5, 5.41) is 11.0. The van der Waals surface area contributed by atoms with E-state index in [1.54, 1.807) is 0 Å². The largest absolute Gasteiger partial charge is 0.396 e. The molecule has 0 aromatic heterocycles. The van der Waals surface area contributed by atoms with Gasteiger partial charge in [0.1, 0.15) is 0 Å². The van der Waals surface area contributed by atoms with Crippen molar-refractivity contribution < 1.29 is 23.1 Å². The molecule has 3 nitrogen and oxygen atoms in total. The van der Waals surface area contributed by atoms with E-state index in [4.69, 9.17) is 5.11 Å². The normalized spacial score (nSPS) is 10.5. The number of nitrogens with one attached hydrogen (secondary N) is 1. The van der Waals surface area contributed by atoms with Gasteiger partial charge >= 0.3 is 0 Å². The monoisotopic (exact) mass is 275 g/mol. The lowest BCUT2D eigenvalue weighted by atomic mass is 10.1. The molecule has 1 aromatic rings. The van der Waals surface area contributed by atoms with E-state index in [0.29, 0.717) is 25.5 Å². The molecule has 2 N–H and O–H groups in total. The first kappa shape index (κ1) is 15.5.